The molecule has 0 radical (unpaired) electrons. The number of hydrogen-bond acceptors (Lipinski definition) is 4. The minimum atomic E-state index is -1.05. The molecule has 20 heavy (non-hydrogen) atoms. The van der Waals surface area contributed by atoms with Crippen molar-refractivity contribution in [3.8, 4) is 11.5 Å². The van der Waals surface area contributed by atoms with Crippen molar-refractivity contribution in [2.75, 3.05) is 7.11 Å². The second kappa shape index (κ2) is 5.94. The third kappa shape index (κ3) is 2.76. The van der Waals surface area contributed by atoms with E-state index >= 15 is 0 Å². The van der Waals surface area contributed by atoms with Gasteiger partial charge < -0.3 is 14.9 Å². The van der Waals surface area contributed by atoms with Gasteiger partial charge in [0.1, 0.15) is 0 Å². The van der Waals surface area contributed by atoms with E-state index in [9.17, 15) is 15.0 Å². The molecule has 2 rings (SSSR count). The van der Waals surface area contributed by atoms with E-state index in [4.69, 9.17) is 4.74 Å². The average molecular weight is 277 g/mol. The monoisotopic (exact) mass is 277 g/mol. The number of aromatic hydroxyl groups is 1. The Kier molecular flexibility index (Phi) is 4.27. The van der Waals surface area contributed by atoms with E-state index in [0.29, 0.717) is 24.2 Å². The van der Waals surface area contributed by atoms with Gasteiger partial charge in [0, 0.05) is 11.8 Å². The number of carboxylic acids is 1. The van der Waals surface area contributed by atoms with Crippen LogP contribution in [0.1, 0.15) is 37.7 Å². The van der Waals surface area contributed by atoms with Gasteiger partial charge in [-0.15, -0.1) is 0 Å². The molecule has 0 aromatic heterocycles. The number of aliphatic imine (C=N–C) groups is 1. The van der Waals surface area contributed by atoms with Gasteiger partial charge in [-0.1, -0.05) is 25.3 Å². The standard InChI is InChI=1S/C15H19NO4/c1-20-12-7-5-6-11(13(12)17)10-16-15(14(18)19)8-3-2-4-9-15/h5-7,10,17H,2-4,8-9H2,1H3,(H,18,19). The molecule has 5 heteroatoms. The molecule has 0 atom stereocenters. The Morgan fingerprint density at radius 3 is 2.65 bits per heavy atom. The van der Waals surface area contributed by atoms with Crippen LogP contribution >= 0.6 is 0 Å². The third-order valence-electron chi connectivity index (χ3n) is 3.78. The lowest BCUT2D eigenvalue weighted by molar-refractivity contribution is -0.144. The summed E-state index contributed by atoms with van der Waals surface area (Å²) in [6.45, 7) is 0. The van der Waals surface area contributed by atoms with E-state index in [1.165, 1.54) is 13.3 Å². The number of rotatable bonds is 4. The minimum Gasteiger partial charge on any atom is -0.504 e. The van der Waals surface area contributed by atoms with Gasteiger partial charge in [-0.3, -0.25) is 4.99 Å². The van der Waals surface area contributed by atoms with Crippen LogP contribution in [0, 0.1) is 0 Å². The predicted molar refractivity (Wildman–Crippen MR) is 75.7 cm³/mol. The maximum Gasteiger partial charge on any atom is 0.331 e. The fraction of sp³-hybridized carbons (Fsp3) is 0.467. The van der Waals surface area contributed by atoms with Crippen LogP contribution in [0.15, 0.2) is 23.2 Å². The van der Waals surface area contributed by atoms with Crippen LogP contribution in [0.3, 0.4) is 0 Å². The fourth-order valence-electron chi connectivity index (χ4n) is 2.54. The molecule has 1 aromatic rings. The van der Waals surface area contributed by atoms with Crippen LogP contribution < -0.4 is 4.74 Å². The third-order valence-corrected chi connectivity index (χ3v) is 3.78. The van der Waals surface area contributed by atoms with E-state index in [0.717, 1.165) is 19.3 Å². The Labute approximate surface area is 117 Å². The quantitative estimate of drug-likeness (QED) is 0.829. The van der Waals surface area contributed by atoms with Gasteiger partial charge in [0.05, 0.1) is 7.11 Å². The minimum absolute atomic E-state index is 0.0184. The van der Waals surface area contributed by atoms with Crippen molar-refractivity contribution >= 4 is 12.2 Å². The first-order chi connectivity index (χ1) is 9.59. The maximum atomic E-state index is 11.5. The van der Waals surface area contributed by atoms with Gasteiger partial charge in [-0.2, -0.15) is 0 Å². The van der Waals surface area contributed by atoms with Gasteiger partial charge in [0.15, 0.2) is 17.0 Å². The van der Waals surface area contributed by atoms with Gasteiger partial charge in [-0.05, 0) is 25.0 Å². The maximum absolute atomic E-state index is 11.5. The molecular weight excluding hydrogens is 258 g/mol. The number of benzene rings is 1. The predicted octanol–water partition coefficient (Wildman–Crippen LogP) is 2.61. The van der Waals surface area contributed by atoms with Crippen molar-refractivity contribution in [2.45, 2.75) is 37.6 Å². The number of carbonyl (C=O) groups is 1. The Hall–Kier alpha value is -2.04. The molecule has 0 amide bonds. The van der Waals surface area contributed by atoms with Crippen LogP contribution in [-0.2, 0) is 4.79 Å². The molecule has 1 fully saturated rings. The molecule has 0 heterocycles. The van der Waals surface area contributed by atoms with Gasteiger partial charge >= 0.3 is 5.97 Å². The summed E-state index contributed by atoms with van der Waals surface area (Å²) in [5.74, 6) is -0.562. The highest BCUT2D eigenvalue weighted by molar-refractivity contribution is 5.88. The first-order valence-corrected chi connectivity index (χ1v) is 6.74. The molecule has 0 spiro atoms. The number of methoxy groups -OCH3 is 1. The number of phenols is 1. The zero-order valence-corrected chi connectivity index (χ0v) is 11.5. The number of para-hydroxylation sites is 1. The fourth-order valence-corrected chi connectivity index (χ4v) is 2.54. The number of aliphatic carboxylic acids is 1. The summed E-state index contributed by atoms with van der Waals surface area (Å²) in [5, 5.41) is 19.4. The lowest BCUT2D eigenvalue weighted by Crippen LogP contribution is -2.38. The Balaban J connectivity index is 2.29. The number of carboxylic acid groups (broad SMARTS) is 1. The highest BCUT2D eigenvalue weighted by Gasteiger charge is 2.38. The molecule has 0 aliphatic heterocycles. The van der Waals surface area contributed by atoms with Crippen molar-refractivity contribution < 1.29 is 19.7 Å². The van der Waals surface area contributed by atoms with Crippen LogP contribution in [0.4, 0.5) is 0 Å². The summed E-state index contributed by atoms with van der Waals surface area (Å²) in [7, 11) is 1.47. The first kappa shape index (κ1) is 14.4. The van der Waals surface area contributed by atoms with Gasteiger partial charge in [-0.25, -0.2) is 4.79 Å². The van der Waals surface area contributed by atoms with Crippen LogP contribution in [-0.4, -0.2) is 35.0 Å². The molecule has 5 nitrogen and oxygen atoms in total. The Morgan fingerprint density at radius 1 is 1.35 bits per heavy atom. The van der Waals surface area contributed by atoms with Gasteiger partial charge in [0.2, 0.25) is 0 Å². The van der Waals surface area contributed by atoms with Crippen molar-refractivity contribution in [1.29, 1.82) is 0 Å². The van der Waals surface area contributed by atoms with Crippen molar-refractivity contribution in [3.63, 3.8) is 0 Å². The number of ether oxygens (including phenoxy) is 1. The average Bonchev–Trinajstić information content (AvgIpc) is 2.47. The highest BCUT2D eigenvalue weighted by Crippen LogP contribution is 2.33. The Morgan fingerprint density at radius 2 is 2.05 bits per heavy atom. The van der Waals surface area contributed by atoms with Crippen LogP contribution in [0.2, 0.25) is 0 Å². The second-order valence-corrected chi connectivity index (χ2v) is 5.05. The van der Waals surface area contributed by atoms with E-state index in [2.05, 4.69) is 4.99 Å². The van der Waals surface area contributed by atoms with Crippen LogP contribution in [0.5, 0.6) is 11.5 Å². The van der Waals surface area contributed by atoms with E-state index < -0.39 is 11.5 Å². The first-order valence-electron chi connectivity index (χ1n) is 6.74. The number of nitrogens with zero attached hydrogens (tertiary/aromatic N) is 1. The molecule has 0 bridgehead atoms. The molecule has 1 aliphatic rings. The molecule has 2 N–H and O–H groups in total. The van der Waals surface area contributed by atoms with E-state index in [1.807, 2.05) is 0 Å². The van der Waals surface area contributed by atoms with Crippen molar-refractivity contribution in [2.24, 2.45) is 4.99 Å². The van der Waals surface area contributed by atoms with Gasteiger partial charge in [0.25, 0.3) is 0 Å². The van der Waals surface area contributed by atoms with Crippen molar-refractivity contribution in [3.05, 3.63) is 23.8 Å². The molecule has 1 saturated carbocycles. The zero-order chi connectivity index (χ0) is 14.6. The topological polar surface area (TPSA) is 79.1 Å². The molecular formula is C15H19NO4. The summed E-state index contributed by atoms with van der Waals surface area (Å²) >= 11 is 0. The lowest BCUT2D eigenvalue weighted by Gasteiger charge is -2.29. The largest absolute Gasteiger partial charge is 0.504 e. The molecule has 108 valence electrons. The molecule has 0 unspecified atom stereocenters. The summed E-state index contributed by atoms with van der Waals surface area (Å²) in [4.78, 5) is 15.8. The normalized spacial score (nSPS) is 18.1. The van der Waals surface area contributed by atoms with Crippen LogP contribution in [0.25, 0.3) is 0 Å². The molecule has 0 saturated heterocycles. The summed E-state index contributed by atoms with van der Waals surface area (Å²) < 4.78 is 5.02. The lowest BCUT2D eigenvalue weighted by atomic mass is 9.82. The summed E-state index contributed by atoms with van der Waals surface area (Å²) in [6.07, 6.45) is 5.32. The van der Waals surface area contributed by atoms with E-state index in [-0.39, 0.29) is 5.75 Å². The molecule has 1 aromatic carbocycles. The zero-order valence-electron chi connectivity index (χ0n) is 11.5. The van der Waals surface area contributed by atoms with E-state index in [1.54, 1.807) is 18.2 Å². The number of phenolic OH excluding ortho intramolecular Hbond substituents is 1. The smallest absolute Gasteiger partial charge is 0.331 e. The highest BCUT2D eigenvalue weighted by atomic mass is 16.5. The van der Waals surface area contributed by atoms with Crippen molar-refractivity contribution in [1.82, 2.24) is 0 Å². The molecule has 1 aliphatic carbocycles. The SMILES string of the molecule is COc1cccc(C=NC2(C(=O)O)CCCCC2)c1O. The second-order valence-electron chi connectivity index (χ2n) is 5.05. The Bertz CT molecular complexity index is 519. The summed E-state index contributed by atoms with van der Waals surface area (Å²) in [6, 6.07) is 5.05. The number of hydrogen-bond donors (Lipinski definition) is 2. The summed E-state index contributed by atoms with van der Waals surface area (Å²) in [5.41, 5.74) is -0.580.